The summed E-state index contributed by atoms with van der Waals surface area (Å²) in [6, 6.07) is 17.4. The van der Waals surface area contributed by atoms with Crippen LogP contribution in [0.2, 0.25) is 0 Å². The number of carbonyl (C=O) groups excluding carboxylic acids is 1. The fraction of sp³-hybridized carbons (Fsp3) is 0.227. The fourth-order valence-electron chi connectivity index (χ4n) is 2.78. The van der Waals surface area contributed by atoms with E-state index in [0.717, 1.165) is 22.5 Å². The van der Waals surface area contributed by atoms with Crippen LogP contribution in [0, 0.1) is 0 Å². The van der Waals surface area contributed by atoms with Crippen LogP contribution >= 0.6 is 11.3 Å². The SMILES string of the molecule is COc1cc(CNC(=O)C(C)NS(=O)(=O)c2cccs2)ccc1OCc1ccccc1. The van der Waals surface area contributed by atoms with Gasteiger partial charge in [0.05, 0.1) is 13.2 Å². The lowest BCUT2D eigenvalue weighted by molar-refractivity contribution is -0.122. The van der Waals surface area contributed by atoms with E-state index in [0.29, 0.717) is 18.1 Å². The number of ether oxygens (including phenoxy) is 2. The van der Waals surface area contributed by atoms with Crippen molar-refractivity contribution in [1.82, 2.24) is 10.0 Å². The zero-order chi connectivity index (χ0) is 22.3. The molecule has 9 heteroatoms. The summed E-state index contributed by atoms with van der Waals surface area (Å²) in [5.41, 5.74) is 1.84. The minimum Gasteiger partial charge on any atom is -0.493 e. The van der Waals surface area contributed by atoms with E-state index in [1.807, 2.05) is 36.4 Å². The Morgan fingerprint density at radius 2 is 1.81 bits per heavy atom. The molecule has 0 spiro atoms. The summed E-state index contributed by atoms with van der Waals surface area (Å²) in [6.45, 7) is 2.13. The van der Waals surface area contributed by atoms with Gasteiger partial charge in [0.2, 0.25) is 5.91 Å². The molecule has 1 heterocycles. The van der Waals surface area contributed by atoms with Gasteiger partial charge < -0.3 is 14.8 Å². The minimum atomic E-state index is -3.72. The first-order valence-corrected chi connectivity index (χ1v) is 11.9. The average molecular weight is 461 g/mol. The molecule has 1 atom stereocenters. The van der Waals surface area contributed by atoms with Crippen LogP contribution < -0.4 is 19.5 Å². The highest BCUT2D eigenvalue weighted by atomic mass is 32.2. The number of amides is 1. The first-order valence-electron chi connectivity index (χ1n) is 9.56. The topological polar surface area (TPSA) is 93.7 Å². The van der Waals surface area contributed by atoms with Crippen LogP contribution in [0.1, 0.15) is 18.1 Å². The maximum Gasteiger partial charge on any atom is 0.250 e. The van der Waals surface area contributed by atoms with E-state index in [9.17, 15) is 13.2 Å². The smallest absolute Gasteiger partial charge is 0.250 e. The Balaban J connectivity index is 1.56. The van der Waals surface area contributed by atoms with E-state index in [1.54, 1.807) is 30.7 Å². The fourth-order valence-corrected chi connectivity index (χ4v) is 4.99. The van der Waals surface area contributed by atoms with E-state index in [4.69, 9.17) is 9.47 Å². The number of methoxy groups -OCH3 is 1. The van der Waals surface area contributed by atoms with E-state index in [2.05, 4.69) is 10.0 Å². The lowest BCUT2D eigenvalue weighted by atomic mass is 10.2. The molecule has 0 aliphatic carbocycles. The number of nitrogens with one attached hydrogen (secondary N) is 2. The molecule has 1 aromatic heterocycles. The monoisotopic (exact) mass is 460 g/mol. The third-order valence-corrected chi connectivity index (χ3v) is 7.36. The molecule has 0 saturated heterocycles. The normalized spacial score (nSPS) is 12.2. The molecule has 2 N–H and O–H groups in total. The summed E-state index contributed by atoms with van der Waals surface area (Å²) in [5.74, 6) is 0.719. The molecule has 0 aliphatic rings. The van der Waals surface area contributed by atoms with Crippen molar-refractivity contribution in [3.63, 3.8) is 0 Å². The summed E-state index contributed by atoms with van der Waals surface area (Å²) in [5, 5.41) is 4.40. The highest BCUT2D eigenvalue weighted by Crippen LogP contribution is 2.29. The summed E-state index contributed by atoms with van der Waals surface area (Å²) in [7, 11) is -2.17. The van der Waals surface area contributed by atoms with Crippen LogP contribution in [0.25, 0.3) is 0 Å². The van der Waals surface area contributed by atoms with Crippen LogP contribution in [0.3, 0.4) is 0 Å². The molecule has 0 fully saturated rings. The van der Waals surface area contributed by atoms with Crippen molar-refractivity contribution in [2.24, 2.45) is 0 Å². The van der Waals surface area contributed by atoms with Crippen molar-refractivity contribution in [2.75, 3.05) is 7.11 Å². The number of rotatable bonds is 10. The van der Waals surface area contributed by atoms with E-state index in [1.165, 1.54) is 13.0 Å². The predicted molar refractivity (Wildman–Crippen MR) is 120 cm³/mol. The van der Waals surface area contributed by atoms with Crippen LogP contribution in [0.5, 0.6) is 11.5 Å². The van der Waals surface area contributed by atoms with Gasteiger partial charge in [0.15, 0.2) is 11.5 Å². The second kappa shape index (κ2) is 10.4. The van der Waals surface area contributed by atoms with Crippen molar-refractivity contribution in [3.05, 3.63) is 77.2 Å². The maximum atomic E-state index is 12.4. The van der Waals surface area contributed by atoms with Crippen molar-refractivity contribution >= 4 is 27.3 Å². The quantitative estimate of drug-likeness (QED) is 0.484. The third kappa shape index (κ3) is 6.30. The van der Waals surface area contributed by atoms with Gasteiger partial charge in [-0.3, -0.25) is 4.79 Å². The van der Waals surface area contributed by atoms with Gasteiger partial charge >= 0.3 is 0 Å². The Hall–Kier alpha value is -2.88. The molecule has 0 saturated carbocycles. The van der Waals surface area contributed by atoms with Gasteiger partial charge in [-0.2, -0.15) is 4.72 Å². The molecule has 0 bridgehead atoms. The van der Waals surface area contributed by atoms with Crippen molar-refractivity contribution in [1.29, 1.82) is 0 Å². The third-order valence-electron chi connectivity index (χ3n) is 4.42. The van der Waals surface area contributed by atoms with E-state index in [-0.39, 0.29) is 10.8 Å². The standard InChI is InChI=1S/C22H24N2O5S2/c1-16(24-31(26,27)21-9-6-12-30-21)22(25)23-14-18-10-11-19(20(13-18)28-2)29-15-17-7-4-3-5-8-17/h3-13,16,24H,14-15H2,1-2H3,(H,23,25). The maximum absolute atomic E-state index is 12.4. The van der Waals surface area contributed by atoms with Gasteiger partial charge in [-0.1, -0.05) is 42.5 Å². The van der Waals surface area contributed by atoms with Crippen LogP contribution in [0.4, 0.5) is 0 Å². The van der Waals surface area contributed by atoms with E-state index >= 15 is 0 Å². The second-order valence-corrected chi connectivity index (χ2v) is 9.64. The zero-order valence-corrected chi connectivity index (χ0v) is 18.8. The summed E-state index contributed by atoms with van der Waals surface area (Å²) >= 11 is 1.09. The van der Waals surface area contributed by atoms with Gasteiger partial charge in [0.1, 0.15) is 10.8 Å². The van der Waals surface area contributed by atoms with Gasteiger partial charge in [-0.15, -0.1) is 11.3 Å². The lowest BCUT2D eigenvalue weighted by Crippen LogP contribution is -2.44. The Morgan fingerprint density at radius 1 is 1.03 bits per heavy atom. The number of hydrogen-bond donors (Lipinski definition) is 2. The molecule has 0 radical (unpaired) electrons. The Kier molecular flexibility index (Phi) is 7.67. The van der Waals surface area contributed by atoms with Crippen LogP contribution in [-0.2, 0) is 28.0 Å². The largest absolute Gasteiger partial charge is 0.493 e. The highest BCUT2D eigenvalue weighted by Gasteiger charge is 2.22. The molecule has 3 aromatic rings. The number of thiophene rings is 1. The van der Waals surface area contributed by atoms with E-state index < -0.39 is 22.0 Å². The zero-order valence-electron chi connectivity index (χ0n) is 17.2. The molecule has 1 amide bonds. The van der Waals surface area contributed by atoms with Gasteiger partial charge in [0.25, 0.3) is 10.0 Å². The Bertz CT molecular complexity index is 1100. The Morgan fingerprint density at radius 3 is 2.48 bits per heavy atom. The number of hydrogen-bond acceptors (Lipinski definition) is 6. The van der Waals surface area contributed by atoms with Crippen molar-refractivity contribution < 1.29 is 22.7 Å². The summed E-state index contributed by atoms with van der Waals surface area (Å²) in [4.78, 5) is 12.4. The molecular formula is C22H24N2O5S2. The molecule has 31 heavy (non-hydrogen) atoms. The van der Waals surface area contributed by atoms with Crippen molar-refractivity contribution in [3.8, 4) is 11.5 Å². The number of benzene rings is 2. The Labute approximate surface area is 186 Å². The molecule has 7 nitrogen and oxygen atoms in total. The lowest BCUT2D eigenvalue weighted by Gasteiger charge is -2.15. The highest BCUT2D eigenvalue weighted by molar-refractivity contribution is 7.91. The van der Waals surface area contributed by atoms with Gasteiger partial charge in [0, 0.05) is 6.54 Å². The molecule has 1 unspecified atom stereocenters. The van der Waals surface area contributed by atoms with Crippen LogP contribution in [0.15, 0.2) is 70.3 Å². The summed E-state index contributed by atoms with van der Waals surface area (Å²) in [6.07, 6.45) is 0. The molecule has 164 valence electrons. The molecular weight excluding hydrogens is 436 g/mol. The van der Waals surface area contributed by atoms with Gasteiger partial charge in [-0.25, -0.2) is 8.42 Å². The van der Waals surface area contributed by atoms with Gasteiger partial charge in [-0.05, 0) is 41.6 Å². The second-order valence-electron chi connectivity index (χ2n) is 6.75. The summed E-state index contributed by atoms with van der Waals surface area (Å²) < 4.78 is 38.3. The minimum absolute atomic E-state index is 0.169. The first kappa shape index (κ1) is 22.8. The number of sulfonamides is 1. The molecule has 2 aromatic carbocycles. The predicted octanol–water partition coefficient (Wildman–Crippen LogP) is 3.32. The van der Waals surface area contributed by atoms with Crippen molar-refractivity contribution in [2.45, 2.75) is 30.3 Å². The first-order chi connectivity index (χ1) is 14.9. The average Bonchev–Trinajstić information content (AvgIpc) is 3.32. The van der Waals surface area contributed by atoms with Crippen LogP contribution in [-0.4, -0.2) is 27.5 Å². The molecule has 0 aliphatic heterocycles. The molecule has 3 rings (SSSR count). The number of carbonyl (C=O) groups is 1.